The first-order valence-electron chi connectivity index (χ1n) is 5.93. The van der Waals surface area contributed by atoms with E-state index in [9.17, 15) is 5.11 Å². The predicted octanol–water partition coefficient (Wildman–Crippen LogP) is 1.28. The van der Waals surface area contributed by atoms with Crippen LogP contribution in [0.1, 0.15) is 26.7 Å². The van der Waals surface area contributed by atoms with Gasteiger partial charge in [0.2, 0.25) is 0 Å². The minimum atomic E-state index is 0.0983. The lowest BCUT2D eigenvalue weighted by molar-refractivity contribution is 0.0734. The number of nitrogens with zero attached hydrogens (tertiary/aromatic N) is 2. The summed E-state index contributed by atoms with van der Waals surface area (Å²) in [5, 5.41) is 9.47. The fourth-order valence-corrected chi connectivity index (χ4v) is 1.77. The molecule has 0 aromatic rings. The molecule has 0 saturated carbocycles. The summed E-state index contributed by atoms with van der Waals surface area (Å²) in [4.78, 5) is 4.51. The van der Waals surface area contributed by atoms with Crippen molar-refractivity contribution in [3.63, 3.8) is 0 Å². The van der Waals surface area contributed by atoms with Crippen molar-refractivity contribution in [1.29, 1.82) is 0 Å². The molecule has 0 fully saturated rings. The molecule has 0 spiro atoms. The maximum absolute atomic E-state index is 9.47. The first-order valence-corrected chi connectivity index (χ1v) is 5.93. The van der Waals surface area contributed by atoms with E-state index in [0.29, 0.717) is 6.61 Å². The van der Waals surface area contributed by atoms with E-state index in [2.05, 4.69) is 44.8 Å². The Bertz CT molecular complexity index is 147. The lowest BCUT2D eigenvalue weighted by Gasteiger charge is -2.34. The number of hydrogen-bond donors (Lipinski definition) is 1. The van der Waals surface area contributed by atoms with E-state index in [0.717, 1.165) is 32.5 Å². The minimum Gasteiger partial charge on any atom is -0.396 e. The van der Waals surface area contributed by atoms with Gasteiger partial charge in [-0.3, -0.25) is 0 Å². The zero-order valence-electron chi connectivity index (χ0n) is 11.1. The molecule has 3 heteroatoms. The Labute approximate surface area is 95.1 Å². The van der Waals surface area contributed by atoms with Gasteiger partial charge in [-0.1, -0.05) is 13.8 Å². The third-order valence-electron chi connectivity index (χ3n) is 3.37. The third-order valence-corrected chi connectivity index (χ3v) is 3.37. The number of aliphatic hydroxyl groups is 1. The van der Waals surface area contributed by atoms with Crippen LogP contribution in [0.15, 0.2) is 0 Å². The molecule has 3 nitrogen and oxygen atoms in total. The van der Waals surface area contributed by atoms with Gasteiger partial charge < -0.3 is 14.9 Å². The Balaban J connectivity index is 4.05. The lowest BCUT2D eigenvalue weighted by atomic mass is 9.83. The van der Waals surface area contributed by atoms with E-state index >= 15 is 0 Å². The standard InChI is InChI=1S/C12H28N2O/c1-6-12(7-2,11-15)10-14(5)9-8-13(3)4/h15H,6-11H2,1-5H3. The van der Waals surface area contributed by atoms with Crippen molar-refractivity contribution in [3.8, 4) is 0 Å². The molecule has 0 aliphatic carbocycles. The molecular weight excluding hydrogens is 188 g/mol. The lowest BCUT2D eigenvalue weighted by Crippen LogP contribution is -2.40. The Kier molecular flexibility index (Phi) is 7.14. The van der Waals surface area contributed by atoms with E-state index in [-0.39, 0.29) is 5.41 Å². The summed E-state index contributed by atoms with van der Waals surface area (Å²) in [6, 6.07) is 0. The van der Waals surface area contributed by atoms with Gasteiger partial charge in [0.25, 0.3) is 0 Å². The van der Waals surface area contributed by atoms with Crippen LogP contribution >= 0.6 is 0 Å². The molecule has 0 heterocycles. The molecule has 0 radical (unpaired) electrons. The van der Waals surface area contributed by atoms with E-state index in [4.69, 9.17) is 0 Å². The highest BCUT2D eigenvalue weighted by atomic mass is 16.3. The maximum atomic E-state index is 9.47. The van der Waals surface area contributed by atoms with Crippen LogP contribution in [0.5, 0.6) is 0 Å². The minimum absolute atomic E-state index is 0.0983. The van der Waals surface area contributed by atoms with Crippen LogP contribution in [0.2, 0.25) is 0 Å². The Hall–Kier alpha value is -0.120. The van der Waals surface area contributed by atoms with Crippen molar-refractivity contribution < 1.29 is 5.11 Å². The van der Waals surface area contributed by atoms with Crippen LogP contribution in [0, 0.1) is 5.41 Å². The monoisotopic (exact) mass is 216 g/mol. The van der Waals surface area contributed by atoms with Crippen molar-refractivity contribution in [2.24, 2.45) is 5.41 Å². The quantitative estimate of drug-likeness (QED) is 0.662. The fraction of sp³-hybridized carbons (Fsp3) is 1.00. The third kappa shape index (κ3) is 5.50. The van der Waals surface area contributed by atoms with Gasteiger partial charge in [0.05, 0.1) is 0 Å². The first-order chi connectivity index (χ1) is 6.99. The Morgan fingerprint density at radius 1 is 1.00 bits per heavy atom. The molecule has 0 aromatic heterocycles. The highest BCUT2D eigenvalue weighted by Gasteiger charge is 2.26. The summed E-state index contributed by atoms with van der Waals surface area (Å²) in [6.45, 7) is 7.76. The number of aliphatic hydroxyl groups excluding tert-OH is 1. The van der Waals surface area contributed by atoms with Gasteiger partial charge in [0.15, 0.2) is 0 Å². The average molecular weight is 216 g/mol. The first kappa shape index (κ1) is 14.9. The van der Waals surface area contributed by atoms with Crippen molar-refractivity contribution >= 4 is 0 Å². The molecule has 92 valence electrons. The second kappa shape index (κ2) is 7.20. The van der Waals surface area contributed by atoms with Gasteiger partial charge in [0.1, 0.15) is 0 Å². The normalized spacial score (nSPS) is 12.8. The van der Waals surface area contributed by atoms with Crippen molar-refractivity contribution in [2.75, 3.05) is 47.4 Å². The predicted molar refractivity (Wildman–Crippen MR) is 66.2 cm³/mol. The molecular formula is C12H28N2O. The van der Waals surface area contributed by atoms with E-state index in [1.807, 2.05) is 0 Å². The van der Waals surface area contributed by atoms with Gasteiger partial charge in [-0.2, -0.15) is 0 Å². The van der Waals surface area contributed by atoms with Crippen LogP contribution in [0.4, 0.5) is 0 Å². The molecule has 0 aliphatic rings. The highest BCUT2D eigenvalue weighted by molar-refractivity contribution is 4.79. The maximum Gasteiger partial charge on any atom is 0.0499 e. The van der Waals surface area contributed by atoms with Crippen LogP contribution < -0.4 is 0 Å². The molecule has 0 amide bonds. The van der Waals surface area contributed by atoms with Crippen LogP contribution in [0.25, 0.3) is 0 Å². The molecule has 0 saturated heterocycles. The van der Waals surface area contributed by atoms with Crippen molar-refractivity contribution in [3.05, 3.63) is 0 Å². The smallest absolute Gasteiger partial charge is 0.0499 e. The molecule has 0 bridgehead atoms. The molecule has 0 aromatic carbocycles. The van der Waals surface area contributed by atoms with E-state index < -0.39 is 0 Å². The molecule has 0 unspecified atom stereocenters. The summed E-state index contributed by atoms with van der Waals surface area (Å²) < 4.78 is 0. The highest BCUT2D eigenvalue weighted by Crippen LogP contribution is 2.26. The van der Waals surface area contributed by atoms with Gasteiger partial charge in [-0.15, -0.1) is 0 Å². The van der Waals surface area contributed by atoms with Gasteiger partial charge in [-0.05, 0) is 34.0 Å². The second-order valence-electron chi connectivity index (χ2n) is 4.91. The van der Waals surface area contributed by atoms with Crippen LogP contribution in [-0.4, -0.2) is 62.3 Å². The Morgan fingerprint density at radius 3 is 1.87 bits per heavy atom. The molecule has 15 heavy (non-hydrogen) atoms. The van der Waals surface area contributed by atoms with Crippen LogP contribution in [0.3, 0.4) is 0 Å². The van der Waals surface area contributed by atoms with Crippen molar-refractivity contribution in [1.82, 2.24) is 9.80 Å². The van der Waals surface area contributed by atoms with E-state index in [1.54, 1.807) is 0 Å². The van der Waals surface area contributed by atoms with E-state index in [1.165, 1.54) is 0 Å². The van der Waals surface area contributed by atoms with Crippen LogP contribution in [-0.2, 0) is 0 Å². The zero-order valence-corrected chi connectivity index (χ0v) is 11.1. The summed E-state index contributed by atoms with van der Waals surface area (Å²) in [6.07, 6.45) is 2.10. The summed E-state index contributed by atoms with van der Waals surface area (Å²) in [5.41, 5.74) is 0.0983. The van der Waals surface area contributed by atoms with Gasteiger partial charge in [-0.25, -0.2) is 0 Å². The summed E-state index contributed by atoms with van der Waals surface area (Å²) >= 11 is 0. The summed E-state index contributed by atoms with van der Waals surface area (Å²) in [7, 11) is 6.32. The molecule has 0 aliphatic heterocycles. The number of hydrogen-bond acceptors (Lipinski definition) is 3. The molecule has 0 atom stereocenters. The average Bonchev–Trinajstić information content (AvgIpc) is 2.23. The number of rotatable bonds is 8. The SMILES string of the molecule is CCC(CC)(CO)CN(C)CCN(C)C. The zero-order chi connectivity index (χ0) is 11.9. The molecule has 0 rings (SSSR count). The Morgan fingerprint density at radius 2 is 1.53 bits per heavy atom. The van der Waals surface area contributed by atoms with Gasteiger partial charge >= 0.3 is 0 Å². The van der Waals surface area contributed by atoms with Gasteiger partial charge in [0, 0.05) is 31.7 Å². The largest absolute Gasteiger partial charge is 0.396 e. The summed E-state index contributed by atoms with van der Waals surface area (Å²) in [5.74, 6) is 0. The number of likely N-dealkylation sites (N-methyl/N-ethyl adjacent to an activating group) is 2. The topological polar surface area (TPSA) is 26.7 Å². The molecule has 1 N–H and O–H groups in total. The fourth-order valence-electron chi connectivity index (χ4n) is 1.77. The second-order valence-corrected chi connectivity index (χ2v) is 4.91. The van der Waals surface area contributed by atoms with Crippen molar-refractivity contribution in [2.45, 2.75) is 26.7 Å².